The quantitative estimate of drug-likeness (QED) is 0.629. The second kappa shape index (κ2) is 5.62. The molecule has 7 heteroatoms. The lowest BCUT2D eigenvalue weighted by Crippen LogP contribution is -2.18. The summed E-state index contributed by atoms with van der Waals surface area (Å²) in [5.74, 6) is 0.288. The van der Waals surface area contributed by atoms with E-state index in [1.807, 2.05) is 37.3 Å². The molecule has 24 heavy (non-hydrogen) atoms. The molecule has 0 unspecified atom stereocenters. The van der Waals surface area contributed by atoms with Crippen LogP contribution in [0, 0.1) is 6.92 Å². The van der Waals surface area contributed by atoms with Crippen LogP contribution in [-0.2, 0) is 0 Å². The third-order valence-corrected chi connectivity index (χ3v) is 3.60. The molecule has 0 fully saturated rings. The number of anilines is 1. The number of carbonyl (C=O) groups excluding carboxylic acids is 1. The zero-order valence-corrected chi connectivity index (χ0v) is 12.9. The predicted octanol–water partition coefficient (Wildman–Crippen LogP) is 2.48. The number of amides is 1. The summed E-state index contributed by atoms with van der Waals surface area (Å²) in [7, 11) is 0. The maximum atomic E-state index is 12.8. The van der Waals surface area contributed by atoms with Crippen molar-refractivity contribution in [2.24, 2.45) is 0 Å². The van der Waals surface area contributed by atoms with Crippen LogP contribution in [0.2, 0.25) is 0 Å². The molecule has 0 atom stereocenters. The molecule has 1 aromatic carbocycles. The molecule has 4 rings (SSSR count). The summed E-state index contributed by atoms with van der Waals surface area (Å²) >= 11 is 0. The highest BCUT2D eigenvalue weighted by molar-refractivity contribution is 6.03. The number of hydrogen-bond acceptors (Lipinski definition) is 4. The minimum absolute atomic E-state index is 0.262. The monoisotopic (exact) mass is 318 g/mol. The summed E-state index contributed by atoms with van der Waals surface area (Å²) < 4.78 is 3.21. The molecule has 0 radical (unpaired) electrons. The van der Waals surface area contributed by atoms with E-state index in [1.54, 1.807) is 39.8 Å². The Hall–Kier alpha value is -3.48. The first-order chi connectivity index (χ1) is 11.7. The zero-order valence-electron chi connectivity index (χ0n) is 12.9. The van der Waals surface area contributed by atoms with Crippen LogP contribution in [0.15, 0.2) is 60.9 Å². The minimum atomic E-state index is -0.262. The third-order valence-electron chi connectivity index (χ3n) is 3.60. The summed E-state index contributed by atoms with van der Waals surface area (Å²) in [5, 5.41) is 11.5. The molecular weight excluding hydrogens is 304 g/mol. The molecule has 1 N–H and O–H groups in total. The van der Waals surface area contributed by atoms with Crippen molar-refractivity contribution in [3.05, 3.63) is 72.3 Å². The van der Waals surface area contributed by atoms with Crippen LogP contribution in [0.3, 0.4) is 0 Å². The van der Waals surface area contributed by atoms with E-state index >= 15 is 0 Å². The fraction of sp³-hybridized carbons (Fsp3) is 0.0588. The van der Waals surface area contributed by atoms with Gasteiger partial charge in [-0.05, 0) is 31.2 Å². The molecule has 0 saturated heterocycles. The van der Waals surface area contributed by atoms with Gasteiger partial charge in [0.15, 0.2) is 5.65 Å². The summed E-state index contributed by atoms with van der Waals surface area (Å²) in [5.41, 5.74) is 2.72. The van der Waals surface area contributed by atoms with Gasteiger partial charge >= 0.3 is 0 Å². The molecule has 0 aliphatic rings. The number of rotatable bonds is 3. The Bertz CT molecular complexity index is 1020. The van der Waals surface area contributed by atoms with E-state index < -0.39 is 0 Å². The van der Waals surface area contributed by atoms with Crippen molar-refractivity contribution in [2.75, 3.05) is 5.32 Å². The smallest absolute Gasteiger partial charge is 0.275 e. The Morgan fingerprint density at radius 2 is 1.92 bits per heavy atom. The van der Waals surface area contributed by atoms with Crippen LogP contribution < -0.4 is 5.32 Å². The van der Waals surface area contributed by atoms with Crippen LogP contribution >= 0.6 is 0 Å². The maximum Gasteiger partial charge on any atom is 0.275 e. The Kier molecular flexibility index (Phi) is 3.31. The Labute approximate surface area is 137 Å². The number of nitrogens with one attached hydrogen (secondary N) is 1. The van der Waals surface area contributed by atoms with E-state index in [-0.39, 0.29) is 5.91 Å². The number of carbonyl (C=O) groups is 1. The third kappa shape index (κ3) is 2.41. The fourth-order valence-electron chi connectivity index (χ4n) is 2.54. The van der Waals surface area contributed by atoms with Crippen molar-refractivity contribution in [3.63, 3.8) is 0 Å². The summed E-state index contributed by atoms with van der Waals surface area (Å²) in [6, 6.07) is 14.8. The molecule has 7 nitrogen and oxygen atoms in total. The summed E-state index contributed by atoms with van der Waals surface area (Å²) in [6.45, 7) is 1.86. The average Bonchev–Trinajstić information content (AvgIpc) is 3.22. The number of benzene rings is 1. The van der Waals surface area contributed by atoms with Gasteiger partial charge in [-0.1, -0.05) is 18.2 Å². The van der Waals surface area contributed by atoms with Gasteiger partial charge in [-0.25, -0.2) is 9.67 Å². The minimum Gasteiger partial charge on any atom is -0.305 e. The average molecular weight is 318 g/mol. The summed E-state index contributed by atoms with van der Waals surface area (Å²) in [4.78, 5) is 16.9. The first-order valence-corrected chi connectivity index (χ1v) is 7.44. The molecule has 3 heterocycles. The molecular formula is C17H14N6O. The highest BCUT2D eigenvalue weighted by atomic mass is 16.2. The van der Waals surface area contributed by atoms with Gasteiger partial charge in [-0.15, -0.1) is 0 Å². The van der Waals surface area contributed by atoms with Gasteiger partial charge in [0.25, 0.3) is 5.91 Å². The van der Waals surface area contributed by atoms with Gasteiger partial charge in [-0.3, -0.25) is 4.79 Å². The van der Waals surface area contributed by atoms with Crippen molar-refractivity contribution < 1.29 is 4.79 Å². The lowest BCUT2D eigenvalue weighted by Gasteiger charge is -2.09. The van der Waals surface area contributed by atoms with Gasteiger partial charge in [0.1, 0.15) is 11.5 Å². The zero-order chi connectivity index (χ0) is 16.5. The number of fused-ring (bicyclic) bond motifs is 1. The summed E-state index contributed by atoms with van der Waals surface area (Å²) in [6.07, 6.45) is 3.27. The highest BCUT2D eigenvalue weighted by Gasteiger charge is 2.16. The number of para-hydroxylation sites is 1. The Balaban J connectivity index is 1.72. The topological polar surface area (TPSA) is 77.1 Å². The molecule has 0 spiro atoms. The maximum absolute atomic E-state index is 12.8. The van der Waals surface area contributed by atoms with E-state index in [9.17, 15) is 4.79 Å². The van der Waals surface area contributed by atoms with Crippen molar-refractivity contribution in [1.29, 1.82) is 0 Å². The van der Waals surface area contributed by atoms with Crippen molar-refractivity contribution in [3.8, 4) is 5.69 Å². The SMILES string of the molecule is Cc1cc(C(=O)Nc2ccnc3ccnn23)n(-c2ccccc2)n1. The molecule has 0 saturated carbocycles. The molecule has 0 bridgehead atoms. The van der Waals surface area contributed by atoms with Crippen LogP contribution in [0.1, 0.15) is 16.2 Å². The van der Waals surface area contributed by atoms with Crippen LogP contribution in [0.4, 0.5) is 5.82 Å². The first kappa shape index (κ1) is 14.1. The molecule has 118 valence electrons. The predicted molar refractivity (Wildman–Crippen MR) is 89.2 cm³/mol. The Morgan fingerprint density at radius 1 is 1.08 bits per heavy atom. The standard InChI is InChI=1S/C17H14N6O/c1-12-11-14(22(21-12)13-5-3-2-4-6-13)17(24)20-16-7-9-18-15-8-10-19-23(15)16/h2-11H,1H3,(H,20,24). The second-order valence-corrected chi connectivity index (χ2v) is 5.30. The van der Waals surface area contributed by atoms with E-state index in [1.165, 1.54) is 0 Å². The van der Waals surface area contributed by atoms with Gasteiger partial charge in [0.05, 0.1) is 17.6 Å². The highest BCUT2D eigenvalue weighted by Crippen LogP contribution is 2.15. The molecule has 4 aromatic rings. The first-order valence-electron chi connectivity index (χ1n) is 7.44. The molecule has 0 aliphatic heterocycles. The number of aromatic nitrogens is 5. The lowest BCUT2D eigenvalue weighted by atomic mass is 10.3. The molecule has 1 amide bonds. The van der Waals surface area contributed by atoms with Crippen molar-refractivity contribution in [2.45, 2.75) is 6.92 Å². The van der Waals surface area contributed by atoms with Crippen molar-refractivity contribution >= 4 is 17.4 Å². The largest absolute Gasteiger partial charge is 0.305 e. The Morgan fingerprint density at radius 3 is 2.75 bits per heavy atom. The van der Waals surface area contributed by atoms with Gasteiger partial charge in [-0.2, -0.15) is 14.7 Å². The number of hydrogen-bond donors (Lipinski definition) is 1. The number of aryl methyl sites for hydroxylation is 1. The lowest BCUT2D eigenvalue weighted by molar-refractivity contribution is 0.101. The van der Waals surface area contributed by atoms with Crippen molar-refractivity contribution in [1.82, 2.24) is 24.4 Å². The van der Waals surface area contributed by atoms with E-state index in [4.69, 9.17) is 0 Å². The molecule has 3 aromatic heterocycles. The van der Waals surface area contributed by atoms with Gasteiger partial charge < -0.3 is 5.32 Å². The number of nitrogens with zero attached hydrogens (tertiary/aromatic N) is 5. The van der Waals surface area contributed by atoms with Gasteiger partial charge in [0, 0.05) is 12.3 Å². The molecule has 0 aliphatic carbocycles. The van der Waals surface area contributed by atoms with E-state index in [2.05, 4.69) is 20.5 Å². The van der Waals surface area contributed by atoms with Crippen LogP contribution in [-0.4, -0.2) is 30.3 Å². The normalized spacial score (nSPS) is 10.9. The van der Waals surface area contributed by atoms with Crippen LogP contribution in [0.5, 0.6) is 0 Å². The fourth-order valence-corrected chi connectivity index (χ4v) is 2.54. The van der Waals surface area contributed by atoms with Gasteiger partial charge in [0.2, 0.25) is 0 Å². The van der Waals surface area contributed by atoms with E-state index in [0.717, 1.165) is 11.4 Å². The van der Waals surface area contributed by atoms with E-state index in [0.29, 0.717) is 17.2 Å². The van der Waals surface area contributed by atoms with Crippen LogP contribution in [0.25, 0.3) is 11.3 Å². The second-order valence-electron chi connectivity index (χ2n) is 5.30.